The first-order valence-electron chi connectivity index (χ1n) is 7.13. The molecule has 2 aliphatic rings. The van der Waals surface area contributed by atoms with Gasteiger partial charge in [0, 0.05) is 28.9 Å². The molecule has 0 aromatic carbocycles. The highest BCUT2D eigenvalue weighted by Crippen LogP contribution is 2.61. The summed E-state index contributed by atoms with van der Waals surface area (Å²) in [7, 11) is 1.74. The van der Waals surface area contributed by atoms with Crippen LogP contribution in [0.3, 0.4) is 0 Å². The normalized spacial score (nSPS) is 32.2. The van der Waals surface area contributed by atoms with Crippen LogP contribution in [-0.4, -0.2) is 18.0 Å². The van der Waals surface area contributed by atoms with E-state index in [9.17, 15) is 0 Å². The van der Waals surface area contributed by atoms with Crippen LogP contribution in [0.25, 0.3) is 0 Å². The summed E-state index contributed by atoms with van der Waals surface area (Å²) in [5.41, 5.74) is 3.75. The first-order chi connectivity index (χ1) is 9.08. The Kier molecular flexibility index (Phi) is 3.24. The van der Waals surface area contributed by atoms with Crippen molar-refractivity contribution >= 4 is 11.6 Å². The second-order valence-corrected chi connectivity index (χ2v) is 6.79. The van der Waals surface area contributed by atoms with Crippen LogP contribution in [0, 0.1) is 31.1 Å². The maximum Gasteiger partial charge on any atom is 0.128 e. The van der Waals surface area contributed by atoms with Crippen LogP contribution >= 0.6 is 11.6 Å². The van der Waals surface area contributed by atoms with Crippen molar-refractivity contribution in [3.63, 3.8) is 0 Å². The average molecular weight is 280 g/mol. The molecule has 2 aliphatic carbocycles. The van der Waals surface area contributed by atoms with Crippen LogP contribution in [0.15, 0.2) is 6.20 Å². The molecule has 0 bridgehead atoms. The fourth-order valence-corrected chi connectivity index (χ4v) is 4.22. The molecule has 3 rings (SSSR count). The van der Waals surface area contributed by atoms with E-state index in [2.05, 4.69) is 11.9 Å². The molecule has 1 heterocycles. The van der Waals surface area contributed by atoms with Crippen molar-refractivity contribution in [3.05, 3.63) is 23.0 Å². The summed E-state index contributed by atoms with van der Waals surface area (Å²) in [6.45, 7) is 4.16. The molecular weight excluding hydrogens is 258 g/mol. The van der Waals surface area contributed by atoms with E-state index in [1.54, 1.807) is 7.11 Å². The molecule has 0 N–H and O–H groups in total. The third kappa shape index (κ3) is 2.24. The number of alkyl halides is 1. The van der Waals surface area contributed by atoms with E-state index in [-0.39, 0.29) is 5.41 Å². The number of fused-ring (bicyclic) bond motifs is 1. The standard InChI is InChI=1S/C16H22ClNO/c1-10-8-18-14(11(2)15(10)19-3)7-16(9-17)5-12-4-13(12)6-16/h8,12-13H,4-7,9H2,1-3H3. The lowest BCUT2D eigenvalue weighted by Gasteiger charge is -2.29. The molecule has 2 fully saturated rings. The molecule has 0 amide bonds. The Balaban J connectivity index is 1.86. The number of aryl methyl sites for hydroxylation is 1. The van der Waals surface area contributed by atoms with Crippen molar-refractivity contribution in [2.24, 2.45) is 17.3 Å². The maximum atomic E-state index is 6.30. The topological polar surface area (TPSA) is 22.1 Å². The number of methoxy groups -OCH3 is 1. The van der Waals surface area contributed by atoms with E-state index in [0.717, 1.165) is 35.4 Å². The molecule has 0 radical (unpaired) electrons. The molecule has 0 saturated heterocycles. The second kappa shape index (κ2) is 4.66. The fraction of sp³-hybridized carbons (Fsp3) is 0.688. The quantitative estimate of drug-likeness (QED) is 0.780. The molecule has 1 aromatic heterocycles. The summed E-state index contributed by atoms with van der Waals surface area (Å²) in [5.74, 6) is 3.65. The van der Waals surface area contributed by atoms with Crippen LogP contribution in [0.2, 0.25) is 0 Å². The zero-order valence-corrected chi connectivity index (χ0v) is 12.8. The van der Waals surface area contributed by atoms with E-state index in [0.29, 0.717) is 0 Å². The third-order valence-corrected chi connectivity index (χ3v) is 5.60. The number of ether oxygens (including phenoxy) is 1. The molecule has 2 nitrogen and oxygen atoms in total. The summed E-state index contributed by atoms with van der Waals surface area (Å²) in [6, 6.07) is 0. The van der Waals surface area contributed by atoms with Crippen molar-refractivity contribution < 1.29 is 4.74 Å². The van der Waals surface area contributed by atoms with E-state index in [1.807, 2.05) is 13.1 Å². The Morgan fingerprint density at radius 1 is 1.37 bits per heavy atom. The van der Waals surface area contributed by atoms with Gasteiger partial charge >= 0.3 is 0 Å². The van der Waals surface area contributed by atoms with Gasteiger partial charge in [-0.05, 0) is 56.8 Å². The molecule has 2 unspecified atom stereocenters. The zero-order valence-electron chi connectivity index (χ0n) is 12.0. The highest BCUT2D eigenvalue weighted by atomic mass is 35.5. The third-order valence-electron chi connectivity index (χ3n) is 5.04. The average Bonchev–Trinajstić information content (AvgIpc) is 3.02. The smallest absolute Gasteiger partial charge is 0.128 e. The van der Waals surface area contributed by atoms with Gasteiger partial charge in [-0.15, -0.1) is 11.6 Å². The van der Waals surface area contributed by atoms with Gasteiger partial charge in [-0.1, -0.05) is 0 Å². The summed E-state index contributed by atoms with van der Waals surface area (Å²) < 4.78 is 5.50. The largest absolute Gasteiger partial charge is 0.496 e. The molecule has 104 valence electrons. The van der Waals surface area contributed by atoms with Crippen molar-refractivity contribution in [2.75, 3.05) is 13.0 Å². The summed E-state index contributed by atoms with van der Waals surface area (Å²) in [4.78, 5) is 4.64. The minimum atomic E-state index is 0.285. The van der Waals surface area contributed by atoms with Gasteiger partial charge < -0.3 is 4.74 Å². The van der Waals surface area contributed by atoms with Crippen molar-refractivity contribution in [3.8, 4) is 5.75 Å². The van der Waals surface area contributed by atoms with Gasteiger partial charge in [0.05, 0.1) is 7.11 Å². The van der Waals surface area contributed by atoms with Gasteiger partial charge in [0.2, 0.25) is 0 Å². The van der Waals surface area contributed by atoms with Crippen LogP contribution < -0.4 is 4.74 Å². The summed E-state index contributed by atoms with van der Waals surface area (Å²) in [6.07, 6.45) is 6.95. The molecule has 0 spiro atoms. The molecule has 2 atom stereocenters. The predicted octanol–water partition coefficient (Wildman–Crippen LogP) is 3.90. The Labute approximate surface area is 120 Å². The summed E-state index contributed by atoms with van der Waals surface area (Å²) >= 11 is 6.30. The number of halogens is 1. The lowest BCUT2D eigenvalue weighted by Crippen LogP contribution is -2.25. The van der Waals surface area contributed by atoms with Gasteiger partial charge in [-0.3, -0.25) is 4.98 Å². The number of pyridine rings is 1. The highest BCUT2D eigenvalue weighted by molar-refractivity contribution is 6.18. The van der Waals surface area contributed by atoms with Gasteiger partial charge in [0.1, 0.15) is 5.75 Å². The SMILES string of the molecule is COc1c(C)cnc(CC2(CCl)CC3CC3C2)c1C. The molecule has 2 saturated carbocycles. The maximum absolute atomic E-state index is 6.30. The van der Waals surface area contributed by atoms with E-state index < -0.39 is 0 Å². The van der Waals surface area contributed by atoms with Gasteiger partial charge in [0.15, 0.2) is 0 Å². The first kappa shape index (κ1) is 13.2. The number of aromatic nitrogens is 1. The monoisotopic (exact) mass is 279 g/mol. The Hall–Kier alpha value is -0.760. The van der Waals surface area contributed by atoms with Gasteiger partial charge in [0.25, 0.3) is 0 Å². The first-order valence-corrected chi connectivity index (χ1v) is 7.67. The molecular formula is C16H22ClNO. The molecule has 0 aliphatic heterocycles. The molecule has 19 heavy (non-hydrogen) atoms. The van der Waals surface area contributed by atoms with Crippen LogP contribution in [0.1, 0.15) is 36.1 Å². The zero-order chi connectivity index (χ0) is 13.6. The minimum absolute atomic E-state index is 0.285. The lowest BCUT2D eigenvalue weighted by atomic mass is 9.79. The van der Waals surface area contributed by atoms with Crippen LogP contribution in [0.4, 0.5) is 0 Å². The van der Waals surface area contributed by atoms with Crippen LogP contribution in [-0.2, 0) is 6.42 Å². The number of hydrogen-bond donors (Lipinski definition) is 0. The lowest BCUT2D eigenvalue weighted by molar-refractivity contribution is 0.298. The van der Waals surface area contributed by atoms with E-state index in [4.69, 9.17) is 16.3 Å². The van der Waals surface area contributed by atoms with E-state index >= 15 is 0 Å². The Bertz CT molecular complexity index is 490. The number of nitrogens with zero attached hydrogens (tertiary/aromatic N) is 1. The Morgan fingerprint density at radius 3 is 2.63 bits per heavy atom. The van der Waals surface area contributed by atoms with E-state index in [1.165, 1.54) is 30.5 Å². The van der Waals surface area contributed by atoms with Crippen molar-refractivity contribution in [2.45, 2.75) is 39.5 Å². The fourth-order valence-electron chi connectivity index (χ4n) is 3.91. The van der Waals surface area contributed by atoms with Crippen LogP contribution in [0.5, 0.6) is 5.75 Å². The van der Waals surface area contributed by atoms with Gasteiger partial charge in [-0.25, -0.2) is 0 Å². The van der Waals surface area contributed by atoms with Crippen molar-refractivity contribution in [1.29, 1.82) is 0 Å². The number of hydrogen-bond acceptors (Lipinski definition) is 2. The Morgan fingerprint density at radius 2 is 2.05 bits per heavy atom. The second-order valence-electron chi connectivity index (χ2n) is 6.52. The van der Waals surface area contributed by atoms with Gasteiger partial charge in [-0.2, -0.15) is 0 Å². The minimum Gasteiger partial charge on any atom is -0.496 e. The summed E-state index contributed by atoms with van der Waals surface area (Å²) in [5, 5.41) is 0. The van der Waals surface area contributed by atoms with Crippen molar-refractivity contribution in [1.82, 2.24) is 4.98 Å². The molecule has 3 heteroatoms. The molecule has 1 aromatic rings. The highest BCUT2D eigenvalue weighted by Gasteiger charge is 2.53. The predicted molar refractivity (Wildman–Crippen MR) is 78.0 cm³/mol. The number of rotatable bonds is 4.